The standard InChI is InChI=1S/C15H29N3O/c19-15(14-8-3-1-4-9-16-14)17-10-7-13-18-11-5-2-6-12-18/h14,16H,1-13H2,(H,17,19). The van der Waals surface area contributed by atoms with Gasteiger partial charge < -0.3 is 15.5 Å². The summed E-state index contributed by atoms with van der Waals surface area (Å²) < 4.78 is 0. The number of hydrogen-bond donors (Lipinski definition) is 2. The second-order valence-corrected chi connectivity index (χ2v) is 5.90. The SMILES string of the molecule is O=C(NCCCN1CCCCC1)C1CCCCCN1. The molecular formula is C15H29N3O. The summed E-state index contributed by atoms with van der Waals surface area (Å²) in [6, 6.07) is 0.0532. The predicted octanol–water partition coefficient (Wildman–Crippen LogP) is 1.51. The van der Waals surface area contributed by atoms with Crippen LogP contribution in [-0.2, 0) is 4.79 Å². The van der Waals surface area contributed by atoms with Gasteiger partial charge in [0.15, 0.2) is 0 Å². The Kier molecular flexibility index (Phi) is 6.65. The third-order valence-corrected chi connectivity index (χ3v) is 4.28. The van der Waals surface area contributed by atoms with Gasteiger partial charge >= 0.3 is 0 Å². The fourth-order valence-corrected chi connectivity index (χ4v) is 3.07. The highest BCUT2D eigenvalue weighted by atomic mass is 16.2. The minimum absolute atomic E-state index is 0.0532. The number of nitrogens with zero attached hydrogens (tertiary/aromatic N) is 1. The smallest absolute Gasteiger partial charge is 0.237 e. The summed E-state index contributed by atoms with van der Waals surface area (Å²) >= 11 is 0. The van der Waals surface area contributed by atoms with Crippen molar-refractivity contribution >= 4 is 5.91 Å². The first-order valence-corrected chi connectivity index (χ1v) is 8.10. The molecule has 19 heavy (non-hydrogen) atoms. The molecule has 0 aliphatic carbocycles. The molecule has 0 bridgehead atoms. The Hall–Kier alpha value is -0.610. The lowest BCUT2D eigenvalue weighted by Gasteiger charge is -2.26. The summed E-state index contributed by atoms with van der Waals surface area (Å²) in [6.07, 6.45) is 9.80. The quantitative estimate of drug-likeness (QED) is 0.742. The van der Waals surface area contributed by atoms with Gasteiger partial charge in [-0.2, -0.15) is 0 Å². The number of likely N-dealkylation sites (tertiary alicyclic amines) is 1. The van der Waals surface area contributed by atoms with E-state index in [0.29, 0.717) is 0 Å². The molecule has 2 aliphatic rings. The Bertz CT molecular complexity index is 256. The van der Waals surface area contributed by atoms with Crippen LogP contribution in [0.25, 0.3) is 0 Å². The van der Waals surface area contributed by atoms with Crippen LogP contribution in [0.3, 0.4) is 0 Å². The summed E-state index contributed by atoms with van der Waals surface area (Å²) in [6.45, 7) is 5.45. The van der Waals surface area contributed by atoms with Crippen molar-refractivity contribution in [3.05, 3.63) is 0 Å². The summed E-state index contributed by atoms with van der Waals surface area (Å²) in [5.41, 5.74) is 0. The number of rotatable bonds is 5. The van der Waals surface area contributed by atoms with Crippen molar-refractivity contribution in [2.24, 2.45) is 0 Å². The van der Waals surface area contributed by atoms with E-state index >= 15 is 0 Å². The third-order valence-electron chi connectivity index (χ3n) is 4.28. The van der Waals surface area contributed by atoms with Crippen LogP contribution in [0.15, 0.2) is 0 Å². The maximum atomic E-state index is 12.0. The highest BCUT2D eigenvalue weighted by Gasteiger charge is 2.18. The van der Waals surface area contributed by atoms with E-state index in [1.807, 2.05) is 0 Å². The van der Waals surface area contributed by atoms with Gasteiger partial charge in [-0.05, 0) is 58.3 Å². The van der Waals surface area contributed by atoms with Crippen LogP contribution in [0.1, 0.15) is 51.4 Å². The zero-order valence-corrected chi connectivity index (χ0v) is 12.1. The number of carbonyl (C=O) groups excluding carboxylic acids is 1. The second kappa shape index (κ2) is 8.54. The van der Waals surface area contributed by atoms with Crippen LogP contribution < -0.4 is 10.6 Å². The average molecular weight is 267 g/mol. The lowest BCUT2D eigenvalue weighted by molar-refractivity contribution is -0.123. The van der Waals surface area contributed by atoms with Crippen LogP contribution in [0.4, 0.5) is 0 Å². The number of nitrogens with one attached hydrogen (secondary N) is 2. The zero-order chi connectivity index (χ0) is 13.3. The van der Waals surface area contributed by atoms with Gasteiger partial charge in [-0.25, -0.2) is 0 Å². The van der Waals surface area contributed by atoms with Crippen LogP contribution in [-0.4, -0.2) is 49.6 Å². The van der Waals surface area contributed by atoms with Gasteiger partial charge in [-0.1, -0.05) is 19.3 Å². The van der Waals surface area contributed by atoms with Crippen molar-refractivity contribution in [3.63, 3.8) is 0 Å². The van der Waals surface area contributed by atoms with Crippen molar-refractivity contribution in [1.82, 2.24) is 15.5 Å². The second-order valence-electron chi connectivity index (χ2n) is 5.90. The Morgan fingerprint density at radius 3 is 2.74 bits per heavy atom. The van der Waals surface area contributed by atoms with Crippen molar-refractivity contribution in [2.75, 3.05) is 32.7 Å². The van der Waals surface area contributed by atoms with E-state index in [9.17, 15) is 4.79 Å². The topological polar surface area (TPSA) is 44.4 Å². The molecule has 2 aliphatic heterocycles. The van der Waals surface area contributed by atoms with Crippen molar-refractivity contribution in [3.8, 4) is 0 Å². The van der Waals surface area contributed by atoms with Crippen molar-refractivity contribution in [1.29, 1.82) is 0 Å². The van der Waals surface area contributed by atoms with Gasteiger partial charge in [0.2, 0.25) is 5.91 Å². The molecule has 2 saturated heterocycles. The lowest BCUT2D eigenvalue weighted by atomic mass is 10.1. The van der Waals surface area contributed by atoms with E-state index in [2.05, 4.69) is 15.5 Å². The van der Waals surface area contributed by atoms with E-state index < -0.39 is 0 Å². The van der Waals surface area contributed by atoms with E-state index in [1.165, 1.54) is 51.6 Å². The lowest BCUT2D eigenvalue weighted by Crippen LogP contribution is -2.44. The number of piperidine rings is 1. The largest absolute Gasteiger partial charge is 0.355 e. The Morgan fingerprint density at radius 1 is 1.11 bits per heavy atom. The van der Waals surface area contributed by atoms with Crippen LogP contribution in [0.2, 0.25) is 0 Å². The molecule has 1 atom stereocenters. The van der Waals surface area contributed by atoms with Gasteiger partial charge in [0.25, 0.3) is 0 Å². The first-order valence-electron chi connectivity index (χ1n) is 8.10. The molecule has 4 nitrogen and oxygen atoms in total. The van der Waals surface area contributed by atoms with Crippen LogP contribution >= 0.6 is 0 Å². The van der Waals surface area contributed by atoms with E-state index in [0.717, 1.165) is 32.5 Å². The fourth-order valence-electron chi connectivity index (χ4n) is 3.07. The molecular weight excluding hydrogens is 238 g/mol. The molecule has 0 aromatic rings. The average Bonchev–Trinajstić information content (AvgIpc) is 2.73. The molecule has 0 saturated carbocycles. The van der Waals surface area contributed by atoms with Gasteiger partial charge in [0.05, 0.1) is 6.04 Å². The molecule has 4 heteroatoms. The van der Waals surface area contributed by atoms with Crippen LogP contribution in [0, 0.1) is 0 Å². The molecule has 2 fully saturated rings. The Balaban J connectivity index is 1.55. The van der Waals surface area contributed by atoms with E-state index in [-0.39, 0.29) is 11.9 Å². The molecule has 110 valence electrons. The normalized spacial score (nSPS) is 25.8. The zero-order valence-electron chi connectivity index (χ0n) is 12.1. The van der Waals surface area contributed by atoms with Gasteiger partial charge in [0.1, 0.15) is 0 Å². The summed E-state index contributed by atoms with van der Waals surface area (Å²) in [4.78, 5) is 14.5. The monoisotopic (exact) mass is 267 g/mol. The predicted molar refractivity (Wildman–Crippen MR) is 78.2 cm³/mol. The molecule has 2 N–H and O–H groups in total. The molecule has 2 heterocycles. The van der Waals surface area contributed by atoms with E-state index in [4.69, 9.17) is 0 Å². The van der Waals surface area contributed by atoms with Crippen LogP contribution in [0.5, 0.6) is 0 Å². The minimum atomic E-state index is 0.0532. The molecule has 0 spiro atoms. The Labute approximate surface area is 117 Å². The third kappa shape index (κ3) is 5.49. The molecule has 0 aromatic heterocycles. The Morgan fingerprint density at radius 2 is 1.89 bits per heavy atom. The summed E-state index contributed by atoms with van der Waals surface area (Å²) in [5, 5.41) is 6.44. The maximum Gasteiger partial charge on any atom is 0.237 e. The molecule has 2 rings (SSSR count). The maximum absolute atomic E-state index is 12.0. The number of amides is 1. The highest BCUT2D eigenvalue weighted by Crippen LogP contribution is 2.09. The first-order chi connectivity index (χ1) is 9.36. The highest BCUT2D eigenvalue weighted by molar-refractivity contribution is 5.81. The number of carbonyl (C=O) groups is 1. The molecule has 1 unspecified atom stereocenters. The van der Waals surface area contributed by atoms with Gasteiger partial charge in [0, 0.05) is 6.54 Å². The first kappa shape index (κ1) is 14.8. The summed E-state index contributed by atoms with van der Waals surface area (Å²) in [5.74, 6) is 0.209. The fraction of sp³-hybridized carbons (Fsp3) is 0.933. The van der Waals surface area contributed by atoms with Crippen molar-refractivity contribution < 1.29 is 4.79 Å². The van der Waals surface area contributed by atoms with Gasteiger partial charge in [-0.15, -0.1) is 0 Å². The summed E-state index contributed by atoms with van der Waals surface area (Å²) in [7, 11) is 0. The molecule has 0 radical (unpaired) electrons. The van der Waals surface area contributed by atoms with E-state index in [1.54, 1.807) is 0 Å². The molecule has 1 amide bonds. The van der Waals surface area contributed by atoms with Crippen molar-refractivity contribution in [2.45, 2.75) is 57.4 Å². The van der Waals surface area contributed by atoms with Gasteiger partial charge in [-0.3, -0.25) is 4.79 Å². The number of hydrogen-bond acceptors (Lipinski definition) is 3. The molecule has 0 aromatic carbocycles. The minimum Gasteiger partial charge on any atom is -0.355 e.